The van der Waals surface area contributed by atoms with Gasteiger partial charge in [0.05, 0.1) is 34.0 Å². The van der Waals surface area contributed by atoms with Crippen molar-refractivity contribution < 1.29 is 22.5 Å². The van der Waals surface area contributed by atoms with Gasteiger partial charge in [0, 0.05) is 41.2 Å². The summed E-state index contributed by atoms with van der Waals surface area (Å²) < 4.78 is 59.6. The fourth-order valence-electron chi connectivity index (χ4n) is 4.36. The van der Waals surface area contributed by atoms with Crippen LogP contribution in [-0.2, 0) is 9.73 Å². The Morgan fingerprint density at radius 1 is 1.24 bits per heavy atom. The Morgan fingerprint density at radius 3 is 2.53 bits per heavy atom. The van der Waals surface area contributed by atoms with Gasteiger partial charge in [-0.15, -0.1) is 5.10 Å². The van der Waals surface area contributed by atoms with E-state index in [1.807, 2.05) is 6.07 Å². The molecule has 0 amide bonds. The first-order chi connectivity index (χ1) is 15.9. The molecular formula is C22H27F3N6O2S. The van der Waals surface area contributed by atoms with Crippen LogP contribution in [0, 0.1) is 4.78 Å². The maximum absolute atomic E-state index is 12.8. The molecule has 0 spiro atoms. The average molecular weight is 497 g/mol. The minimum atomic E-state index is -4.30. The van der Waals surface area contributed by atoms with Crippen LogP contribution in [-0.4, -0.2) is 53.5 Å². The van der Waals surface area contributed by atoms with E-state index in [1.54, 1.807) is 29.0 Å². The minimum absolute atomic E-state index is 0.0943. The Labute approximate surface area is 195 Å². The molecule has 0 aliphatic heterocycles. The summed E-state index contributed by atoms with van der Waals surface area (Å²) >= 11 is 0. The first-order valence-corrected chi connectivity index (χ1v) is 13.0. The zero-order chi connectivity index (χ0) is 24.7. The maximum Gasteiger partial charge on any atom is 0.391 e. The Kier molecular flexibility index (Phi) is 6.56. The van der Waals surface area contributed by atoms with Gasteiger partial charge in [-0.05, 0) is 50.8 Å². The molecular weight excluding hydrogens is 469 g/mol. The fraction of sp³-hybridized carbons (Fsp3) is 0.500. The molecule has 0 bridgehead atoms. The molecule has 34 heavy (non-hydrogen) atoms. The van der Waals surface area contributed by atoms with Crippen LogP contribution in [0.4, 0.5) is 19.1 Å². The van der Waals surface area contributed by atoms with Gasteiger partial charge in [0.1, 0.15) is 5.03 Å². The van der Waals surface area contributed by atoms with Crippen LogP contribution in [0.15, 0.2) is 35.6 Å². The van der Waals surface area contributed by atoms with Crippen LogP contribution in [0.2, 0.25) is 0 Å². The monoisotopic (exact) mass is 496 g/mol. The van der Waals surface area contributed by atoms with Gasteiger partial charge in [0.2, 0.25) is 5.95 Å². The highest BCUT2D eigenvalue weighted by Gasteiger charge is 2.30. The van der Waals surface area contributed by atoms with Gasteiger partial charge >= 0.3 is 6.18 Å². The van der Waals surface area contributed by atoms with Gasteiger partial charge in [-0.3, -0.25) is 0 Å². The first-order valence-electron chi connectivity index (χ1n) is 11.0. The fourth-order valence-corrected chi connectivity index (χ4v) is 4.94. The summed E-state index contributed by atoms with van der Waals surface area (Å²) in [5.74, 6) is 0.215. The quantitative estimate of drug-likeness (QED) is 0.459. The van der Waals surface area contributed by atoms with E-state index in [0.717, 1.165) is 29.7 Å². The second-order valence-electron chi connectivity index (χ2n) is 8.96. The topological polar surface area (TPSA) is 116 Å². The van der Waals surface area contributed by atoms with Crippen LogP contribution < -0.4 is 5.32 Å². The lowest BCUT2D eigenvalue weighted by Gasteiger charge is -2.25. The average Bonchev–Trinajstić information content (AvgIpc) is 3.11. The molecule has 0 radical (unpaired) electrons. The van der Waals surface area contributed by atoms with Crippen LogP contribution in [0.1, 0.15) is 50.6 Å². The summed E-state index contributed by atoms with van der Waals surface area (Å²) in [6.07, 6.45) is 1.63. The summed E-state index contributed by atoms with van der Waals surface area (Å²) in [4.78, 5) is 8.43. The Hall–Kier alpha value is -2.73. The molecule has 4 rings (SSSR count). The number of rotatable bonds is 6. The summed E-state index contributed by atoms with van der Waals surface area (Å²) in [7, 11) is -2.94. The van der Waals surface area contributed by atoms with Crippen molar-refractivity contribution in [1.82, 2.24) is 19.6 Å². The predicted octanol–water partition coefficient (Wildman–Crippen LogP) is 4.60. The number of aromatic nitrogens is 4. The molecule has 3 aromatic rings. The van der Waals surface area contributed by atoms with Gasteiger partial charge in [0.15, 0.2) is 0 Å². The summed E-state index contributed by atoms with van der Waals surface area (Å²) in [5, 5.41) is 17.3. The third kappa shape index (κ3) is 5.49. The number of aliphatic hydroxyl groups is 1. The van der Waals surface area contributed by atoms with Gasteiger partial charge in [0.25, 0.3) is 0 Å². The van der Waals surface area contributed by atoms with Crippen molar-refractivity contribution in [2.24, 2.45) is 0 Å². The molecule has 1 saturated carbocycles. The molecule has 3 N–H and O–H groups in total. The predicted molar refractivity (Wildman–Crippen MR) is 122 cm³/mol. The number of alkyl halides is 3. The molecule has 8 nitrogen and oxygen atoms in total. The van der Waals surface area contributed by atoms with E-state index < -0.39 is 28.4 Å². The summed E-state index contributed by atoms with van der Waals surface area (Å²) in [5.41, 5.74) is 3.05. The Morgan fingerprint density at radius 2 is 1.94 bits per heavy atom. The van der Waals surface area contributed by atoms with Gasteiger partial charge in [-0.25, -0.2) is 23.5 Å². The molecule has 0 saturated heterocycles. The third-order valence-corrected chi connectivity index (χ3v) is 7.06. The lowest BCUT2D eigenvalue weighted by atomic mass is 9.85. The van der Waals surface area contributed by atoms with Crippen molar-refractivity contribution >= 4 is 21.2 Å². The third-order valence-electron chi connectivity index (χ3n) is 6.02. The lowest BCUT2D eigenvalue weighted by Crippen LogP contribution is -2.25. The standard InChI is InChI=1S/C22H27F3N6O2S/c1-13(10-22(23,24)25)29-21-28-12-19-17(15-5-8-20(27-11-15)34(2,26)33)9-18(31(19)30-21)14-3-6-16(32)7-4-14/h5,8-9,11-14,16,26,32H,3-4,6-7,10H2,1-2H3,(H,29,30)/t13-,14?,16?,34-/m0/s1. The van der Waals surface area contributed by atoms with Crippen LogP contribution in [0.3, 0.4) is 0 Å². The van der Waals surface area contributed by atoms with Crippen molar-refractivity contribution in [1.29, 1.82) is 4.78 Å². The molecule has 0 aromatic carbocycles. The molecule has 184 valence electrons. The van der Waals surface area contributed by atoms with Crippen molar-refractivity contribution in [3.05, 3.63) is 36.3 Å². The molecule has 3 heterocycles. The number of aliphatic hydroxyl groups excluding tert-OH is 1. The number of hydrogen-bond donors (Lipinski definition) is 3. The molecule has 1 aliphatic carbocycles. The summed E-state index contributed by atoms with van der Waals surface area (Å²) in [6, 6.07) is 4.36. The summed E-state index contributed by atoms with van der Waals surface area (Å²) in [6.45, 7) is 1.43. The molecule has 2 atom stereocenters. The van der Waals surface area contributed by atoms with Crippen molar-refractivity contribution in [2.75, 3.05) is 11.6 Å². The Bertz CT molecular complexity index is 1270. The van der Waals surface area contributed by atoms with E-state index in [4.69, 9.17) is 4.78 Å². The van der Waals surface area contributed by atoms with E-state index in [9.17, 15) is 22.5 Å². The highest BCUT2D eigenvalue weighted by atomic mass is 32.2. The normalized spacial score (nSPS) is 21.8. The largest absolute Gasteiger partial charge is 0.393 e. The van der Waals surface area contributed by atoms with Gasteiger partial charge in [-0.1, -0.05) is 0 Å². The molecule has 12 heteroatoms. The van der Waals surface area contributed by atoms with Crippen LogP contribution in [0.25, 0.3) is 16.6 Å². The van der Waals surface area contributed by atoms with Crippen molar-refractivity contribution in [3.63, 3.8) is 0 Å². The number of halogens is 3. The van der Waals surface area contributed by atoms with Crippen molar-refractivity contribution in [2.45, 2.75) is 68.3 Å². The van der Waals surface area contributed by atoms with Gasteiger partial charge in [-0.2, -0.15) is 13.2 Å². The Balaban J connectivity index is 1.74. The van der Waals surface area contributed by atoms with Crippen LogP contribution in [0.5, 0.6) is 0 Å². The SMILES string of the molecule is C[C@@H](CC(F)(F)F)Nc1ncc2c(-c3ccc([S@@](C)(=N)=O)nc3)cc(C3CCC(O)CC3)n2n1. The van der Waals surface area contributed by atoms with E-state index in [1.165, 1.54) is 13.2 Å². The smallest absolute Gasteiger partial charge is 0.391 e. The zero-order valence-corrected chi connectivity index (χ0v) is 19.7. The van der Waals surface area contributed by atoms with Gasteiger partial charge < -0.3 is 10.4 Å². The number of pyridine rings is 1. The lowest BCUT2D eigenvalue weighted by molar-refractivity contribution is -0.136. The van der Waals surface area contributed by atoms with E-state index in [0.29, 0.717) is 18.4 Å². The molecule has 1 aliphatic rings. The highest BCUT2D eigenvalue weighted by molar-refractivity contribution is 7.91. The first kappa shape index (κ1) is 24.4. The number of anilines is 1. The number of hydrogen-bond acceptors (Lipinski definition) is 7. The van der Waals surface area contributed by atoms with E-state index in [-0.39, 0.29) is 23.0 Å². The number of nitrogens with zero attached hydrogens (tertiary/aromatic N) is 4. The molecule has 1 fully saturated rings. The molecule has 3 aromatic heterocycles. The second-order valence-corrected chi connectivity index (χ2v) is 11.1. The highest BCUT2D eigenvalue weighted by Crippen LogP contribution is 2.37. The molecule has 0 unspecified atom stereocenters. The minimum Gasteiger partial charge on any atom is -0.393 e. The van der Waals surface area contributed by atoms with Crippen LogP contribution >= 0.6 is 0 Å². The second kappa shape index (κ2) is 9.14. The number of fused-ring (bicyclic) bond motifs is 1. The zero-order valence-electron chi connectivity index (χ0n) is 18.8. The van der Waals surface area contributed by atoms with E-state index >= 15 is 0 Å². The number of nitrogens with one attached hydrogen (secondary N) is 2. The van der Waals surface area contributed by atoms with E-state index in [2.05, 4.69) is 20.4 Å². The van der Waals surface area contributed by atoms with Crippen molar-refractivity contribution in [3.8, 4) is 11.1 Å². The maximum atomic E-state index is 12.8.